The molecule has 0 amide bonds. The van der Waals surface area contributed by atoms with Crippen molar-refractivity contribution >= 4 is 0 Å². The highest BCUT2D eigenvalue weighted by Gasteiger charge is 2.66. The van der Waals surface area contributed by atoms with E-state index in [0.717, 1.165) is 0 Å². The molecule has 0 spiro atoms. The van der Waals surface area contributed by atoms with Gasteiger partial charge >= 0.3 is 12.4 Å². The van der Waals surface area contributed by atoms with Crippen LogP contribution in [0.5, 0.6) is 0 Å². The summed E-state index contributed by atoms with van der Waals surface area (Å²) < 4.78 is 69.8. The fraction of sp³-hybridized carbons (Fsp3) is 1.00. The third kappa shape index (κ3) is 2.01. The van der Waals surface area contributed by atoms with Gasteiger partial charge in [0.2, 0.25) is 12.2 Å². The quantitative estimate of drug-likeness (QED) is 0.364. The van der Waals surface area contributed by atoms with E-state index in [2.05, 4.69) is 9.78 Å². The van der Waals surface area contributed by atoms with Crippen molar-refractivity contribution in [1.29, 1.82) is 0 Å². The van der Waals surface area contributed by atoms with Gasteiger partial charge in [-0.2, -0.15) is 36.1 Å². The molecule has 0 saturated carbocycles. The molecule has 0 N–H and O–H groups in total. The second-order valence-corrected chi connectivity index (χ2v) is 2.12. The van der Waals surface area contributed by atoms with E-state index in [1.54, 1.807) is 0 Å². The largest absolute Gasteiger partial charge is 0.405 e. The average molecular weight is 196 g/mol. The molecule has 1 rings (SSSR count). The van der Waals surface area contributed by atoms with Crippen molar-refractivity contribution in [2.24, 2.45) is 5.92 Å². The van der Waals surface area contributed by atoms with Crippen LogP contribution >= 0.6 is 0 Å². The van der Waals surface area contributed by atoms with Gasteiger partial charge in [0, 0.05) is 0 Å². The normalized spacial score (nSPS) is 20.2. The molecule has 0 bridgehead atoms. The Morgan fingerprint density at radius 3 is 1.25 bits per heavy atom. The Hall–Kier alpha value is -0.500. The molecule has 0 atom stereocenters. The topological polar surface area (TPSA) is 25.1 Å². The molecule has 0 unspecified atom stereocenters. The van der Waals surface area contributed by atoms with Gasteiger partial charge in [-0.05, 0) is 0 Å². The van der Waals surface area contributed by atoms with E-state index in [0.29, 0.717) is 0 Å². The predicted octanol–water partition coefficient (Wildman–Crippen LogP) is 2.02. The van der Waals surface area contributed by atoms with E-state index in [4.69, 9.17) is 0 Å². The van der Waals surface area contributed by atoms with Gasteiger partial charge in [-0.15, -0.1) is 0 Å². The summed E-state index contributed by atoms with van der Waals surface area (Å²) in [6.07, 6.45) is -13.0. The Balaban J connectivity index is 2.74. The highest BCUT2D eigenvalue weighted by Crippen LogP contribution is 2.46. The van der Waals surface area contributed by atoms with E-state index in [9.17, 15) is 26.3 Å². The first-order valence-corrected chi connectivity index (χ1v) is 2.68. The molecular formula is C4H2F6O2. The molecule has 12 heavy (non-hydrogen) atoms. The van der Waals surface area contributed by atoms with Crippen molar-refractivity contribution < 1.29 is 36.1 Å². The molecule has 1 saturated heterocycles. The SMILES string of the molecule is FC(F)(F)C(C1OO1)C(F)(F)F. The highest BCUT2D eigenvalue weighted by atomic mass is 19.4. The Bertz CT molecular complexity index is 153. The summed E-state index contributed by atoms with van der Waals surface area (Å²) in [5, 5.41) is 0. The smallest absolute Gasteiger partial charge is 0.197 e. The molecule has 1 fully saturated rings. The summed E-state index contributed by atoms with van der Waals surface area (Å²) in [6.45, 7) is 0. The number of alkyl halides is 6. The van der Waals surface area contributed by atoms with Crippen molar-refractivity contribution in [3.8, 4) is 0 Å². The lowest BCUT2D eigenvalue weighted by molar-refractivity contribution is -0.290. The maximum Gasteiger partial charge on any atom is 0.405 e. The number of hydrogen-bond donors (Lipinski definition) is 0. The molecule has 1 heterocycles. The molecule has 0 radical (unpaired) electrons. The third-order valence-corrected chi connectivity index (χ3v) is 1.18. The summed E-state index contributed by atoms with van der Waals surface area (Å²) in [7, 11) is 0. The minimum Gasteiger partial charge on any atom is -0.197 e. The summed E-state index contributed by atoms with van der Waals surface area (Å²) in [4.78, 5) is 6.97. The van der Waals surface area contributed by atoms with Crippen LogP contribution < -0.4 is 0 Å². The molecule has 1 aliphatic rings. The second kappa shape index (κ2) is 2.49. The van der Waals surface area contributed by atoms with Crippen molar-refractivity contribution in [3.63, 3.8) is 0 Å². The first-order chi connectivity index (χ1) is 5.23. The summed E-state index contributed by atoms with van der Waals surface area (Å²) >= 11 is 0. The Labute approximate surface area is 62.0 Å². The van der Waals surface area contributed by atoms with Crippen LogP contribution in [0.1, 0.15) is 0 Å². The zero-order chi connectivity index (χ0) is 9.57. The molecule has 8 heteroatoms. The molecule has 0 aliphatic carbocycles. The Kier molecular flexibility index (Phi) is 1.99. The third-order valence-electron chi connectivity index (χ3n) is 1.18. The fourth-order valence-corrected chi connectivity index (χ4v) is 0.637. The highest BCUT2D eigenvalue weighted by molar-refractivity contribution is 4.80. The van der Waals surface area contributed by atoms with Crippen LogP contribution in [0.4, 0.5) is 26.3 Å². The van der Waals surface area contributed by atoms with Crippen LogP contribution in [0, 0.1) is 5.92 Å². The van der Waals surface area contributed by atoms with E-state index in [1.807, 2.05) is 0 Å². The van der Waals surface area contributed by atoms with Crippen molar-refractivity contribution in [1.82, 2.24) is 0 Å². The van der Waals surface area contributed by atoms with Gasteiger partial charge in [0.15, 0.2) is 0 Å². The monoisotopic (exact) mass is 196 g/mol. The van der Waals surface area contributed by atoms with E-state index in [1.165, 1.54) is 0 Å². The van der Waals surface area contributed by atoms with Crippen LogP contribution in [0.25, 0.3) is 0 Å². The van der Waals surface area contributed by atoms with Gasteiger partial charge in [0.25, 0.3) is 0 Å². The van der Waals surface area contributed by atoms with Gasteiger partial charge in [-0.1, -0.05) is 0 Å². The minimum absolute atomic E-state index is 2.23. The molecule has 0 aromatic heterocycles. The maximum absolute atomic E-state index is 11.6. The lowest BCUT2D eigenvalue weighted by Crippen LogP contribution is -2.40. The summed E-state index contributed by atoms with van der Waals surface area (Å²) in [6, 6.07) is 0. The van der Waals surface area contributed by atoms with Gasteiger partial charge in [-0.25, -0.2) is 0 Å². The zero-order valence-corrected chi connectivity index (χ0v) is 5.24. The lowest BCUT2D eigenvalue weighted by atomic mass is 10.1. The fourth-order valence-electron chi connectivity index (χ4n) is 0.637. The Morgan fingerprint density at radius 2 is 1.17 bits per heavy atom. The molecule has 72 valence electrons. The molecule has 0 aromatic carbocycles. The number of hydrogen-bond acceptors (Lipinski definition) is 2. The average Bonchev–Trinajstić information content (AvgIpc) is 2.38. The Morgan fingerprint density at radius 1 is 0.833 bits per heavy atom. The lowest BCUT2D eigenvalue weighted by Gasteiger charge is -2.18. The van der Waals surface area contributed by atoms with Gasteiger partial charge < -0.3 is 0 Å². The molecule has 1 aliphatic heterocycles. The van der Waals surface area contributed by atoms with Gasteiger partial charge in [0.05, 0.1) is 0 Å². The first-order valence-electron chi connectivity index (χ1n) is 2.68. The van der Waals surface area contributed by atoms with Crippen LogP contribution in [0.15, 0.2) is 0 Å². The van der Waals surface area contributed by atoms with Crippen LogP contribution in [-0.4, -0.2) is 18.6 Å². The van der Waals surface area contributed by atoms with Crippen molar-refractivity contribution in [2.45, 2.75) is 18.6 Å². The van der Waals surface area contributed by atoms with E-state index in [-0.39, 0.29) is 0 Å². The van der Waals surface area contributed by atoms with Gasteiger partial charge in [0.1, 0.15) is 0 Å². The number of rotatable bonds is 1. The number of halogens is 6. The molecular weight excluding hydrogens is 194 g/mol. The minimum atomic E-state index is -5.39. The molecule has 0 aromatic rings. The van der Waals surface area contributed by atoms with Crippen LogP contribution in [-0.2, 0) is 9.78 Å². The maximum atomic E-state index is 11.6. The summed E-state index contributed by atoms with van der Waals surface area (Å²) in [5.74, 6) is -3.55. The first kappa shape index (κ1) is 9.59. The van der Waals surface area contributed by atoms with E-state index >= 15 is 0 Å². The van der Waals surface area contributed by atoms with E-state index < -0.39 is 24.6 Å². The van der Waals surface area contributed by atoms with Crippen molar-refractivity contribution in [2.75, 3.05) is 0 Å². The second-order valence-electron chi connectivity index (χ2n) is 2.12. The standard InChI is InChI=1S/C4H2F6O2/c5-3(6,7)1(2-11-12-2)4(8,9)10/h1-2H. The molecule has 2 nitrogen and oxygen atoms in total. The zero-order valence-electron chi connectivity index (χ0n) is 5.24. The van der Waals surface area contributed by atoms with Gasteiger partial charge in [-0.3, -0.25) is 0 Å². The summed E-state index contributed by atoms with van der Waals surface area (Å²) in [5.41, 5.74) is 0. The van der Waals surface area contributed by atoms with Crippen LogP contribution in [0.3, 0.4) is 0 Å². The van der Waals surface area contributed by atoms with Crippen LogP contribution in [0.2, 0.25) is 0 Å². The van der Waals surface area contributed by atoms with Crippen molar-refractivity contribution in [3.05, 3.63) is 0 Å². The predicted molar refractivity (Wildman–Crippen MR) is 21.6 cm³/mol.